The van der Waals surface area contributed by atoms with Gasteiger partial charge in [-0.25, -0.2) is 23.1 Å². The van der Waals surface area contributed by atoms with Crippen LogP contribution in [0, 0.1) is 6.92 Å². The summed E-state index contributed by atoms with van der Waals surface area (Å²) in [6, 6.07) is 7.46. The van der Waals surface area contributed by atoms with Crippen LogP contribution < -0.4 is 14.9 Å². The van der Waals surface area contributed by atoms with E-state index in [1.54, 1.807) is 6.07 Å². The van der Waals surface area contributed by atoms with Crippen molar-refractivity contribution >= 4 is 21.7 Å². The monoisotopic (exact) mass is 415 g/mol. The zero-order valence-corrected chi connectivity index (χ0v) is 17.8. The number of sulfonamides is 1. The minimum atomic E-state index is -3.51. The van der Waals surface area contributed by atoms with Gasteiger partial charge in [0, 0.05) is 32.2 Å². The standard InChI is InChI=1S/C21H29N5O2S/c1-16-24-20(15-21(25-16)26-12-4-5-13-26)22-10-11-23-29(27,28)19-9-8-17-6-2-3-7-18(17)14-19/h8-9,14-15,23H,2-7,10-13H2,1H3,(H,22,24,25). The van der Waals surface area contributed by atoms with Crippen molar-refractivity contribution in [2.24, 2.45) is 0 Å². The molecule has 156 valence electrons. The highest BCUT2D eigenvalue weighted by atomic mass is 32.2. The minimum Gasteiger partial charge on any atom is -0.369 e. The molecule has 8 heteroatoms. The Morgan fingerprint density at radius 1 is 0.966 bits per heavy atom. The number of rotatable bonds is 7. The second-order valence-corrected chi connectivity index (χ2v) is 9.58. The van der Waals surface area contributed by atoms with Gasteiger partial charge in [0.25, 0.3) is 0 Å². The molecule has 0 radical (unpaired) electrons. The van der Waals surface area contributed by atoms with Gasteiger partial charge in [0.2, 0.25) is 10.0 Å². The van der Waals surface area contributed by atoms with Gasteiger partial charge in [0.1, 0.15) is 17.5 Å². The van der Waals surface area contributed by atoms with E-state index in [0.717, 1.165) is 44.0 Å². The quantitative estimate of drug-likeness (QED) is 0.676. The number of aromatic nitrogens is 2. The molecule has 1 saturated heterocycles. The third kappa shape index (κ3) is 4.87. The Balaban J connectivity index is 1.34. The van der Waals surface area contributed by atoms with Gasteiger partial charge < -0.3 is 10.2 Å². The Morgan fingerprint density at radius 2 is 1.72 bits per heavy atom. The summed E-state index contributed by atoms with van der Waals surface area (Å²) in [5.41, 5.74) is 2.45. The third-order valence-corrected chi connectivity index (χ3v) is 7.07. The van der Waals surface area contributed by atoms with Gasteiger partial charge >= 0.3 is 0 Å². The lowest BCUT2D eigenvalue weighted by Gasteiger charge is -2.18. The van der Waals surface area contributed by atoms with Crippen molar-refractivity contribution in [3.05, 3.63) is 41.2 Å². The summed E-state index contributed by atoms with van der Waals surface area (Å²) in [5, 5.41) is 3.22. The van der Waals surface area contributed by atoms with E-state index < -0.39 is 10.0 Å². The molecule has 2 heterocycles. The predicted octanol–water partition coefficient (Wildman–Crippen LogP) is 2.65. The molecule has 0 amide bonds. The molecule has 1 fully saturated rings. The molecule has 0 atom stereocenters. The average molecular weight is 416 g/mol. The van der Waals surface area contributed by atoms with E-state index in [0.29, 0.717) is 23.8 Å². The first-order valence-electron chi connectivity index (χ1n) is 10.5. The third-order valence-electron chi connectivity index (χ3n) is 5.61. The molecular weight excluding hydrogens is 386 g/mol. The van der Waals surface area contributed by atoms with E-state index in [1.165, 1.54) is 30.4 Å². The van der Waals surface area contributed by atoms with Crippen LogP contribution in [0.25, 0.3) is 0 Å². The maximum atomic E-state index is 12.6. The maximum absolute atomic E-state index is 12.6. The normalized spacial score (nSPS) is 16.7. The highest BCUT2D eigenvalue weighted by Crippen LogP contribution is 2.24. The molecule has 2 N–H and O–H groups in total. The van der Waals surface area contributed by atoms with Gasteiger partial charge in [-0.2, -0.15) is 0 Å². The van der Waals surface area contributed by atoms with Crippen molar-refractivity contribution in [3.63, 3.8) is 0 Å². The van der Waals surface area contributed by atoms with Gasteiger partial charge in [-0.1, -0.05) is 6.07 Å². The van der Waals surface area contributed by atoms with E-state index >= 15 is 0 Å². The van der Waals surface area contributed by atoms with E-state index in [-0.39, 0.29) is 0 Å². The largest absolute Gasteiger partial charge is 0.369 e. The molecule has 0 unspecified atom stereocenters. The van der Waals surface area contributed by atoms with Crippen LogP contribution in [0.5, 0.6) is 0 Å². The molecule has 29 heavy (non-hydrogen) atoms. The predicted molar refractivity (Wildman–Crippen MR) is 115 cm³/mol. The molecule has 2 aliphatic rings. The van der Waals surface area contributed by atoms with E-state index in [1.807, 2.05) is 25.1 Å². The lowest BCUT2D eigenvalue weighted by atomic mass is 9.92. The Bertz CT molecular complexity index is 971. The molecule has 0 bridgehead atoms. The molecule has 4 rings (SSSR count). The number of hydrogen-bond acceptors (Lipinski definition) is 6. The van der Waals surface area contributed by atoms with Crippen LogP contribution in [0.4, 0.5) is 11.6 Å². The summed E-state index contributed by atoms with van der Waals surface area (Å²) >= 11 is 0. The Labute approximate surface area is 173 Å². The Hall–Kier alpha value is -2.19. The van der Waals surface area contributed by atoms with Crippen molar-refractivity contribution in [2.45, 2.75) is 50.3 Å². The van der Waals surface area contributed by atoms with Crippen molar-refractivity contribution in [3.8, 4) is 0 Å². The number of aryl methyl sites for hydroxylation is 3. The molecule has 1 aliphatic carbocycles. The van der Waals surface area contributed by atoms with Crippen LogP contribution in [-0.2, 0) is 22.9 Å². The fraction of sp³-hybridized carbons (Fsp3) is 0.524. The second kappa shape index (κ2) is 8.67. The highest BCUT2D eigenvalue weighted by Gasteiger charge is 2.18. The molecule has 1 aliphatic heterocycles. The average Bonchev–Trinajstić information content (AvgIpc) is 3.25. The topological polar surface area (TPSA) is 87.2 Å². The lowest BCUT2D eigenvalue weighted by Crippen LogP contribution is -2.29. The smallest absolute Gasteiger partial charge is 0.240 e. The summed E-state index contributed by atoms with van der Waals surface area (Å²) in [6.45, 7) is 4.68. The number of hydrogen-bond donors (Lipinski definition) is 2. The molecule has 0 spiro atoms. The molecule has 1 aromatic heterocycles. The first-order chi connectivity index (χ1) is 14.0. The number of nitrogens with zero attached hydrogens (tertiary/aromatic N) is 3. The summed E-state index contributed by atoms with van der Waals surface area (Å²) in [6.07, 6.45) is 6.71. The SMILES string of the molecule is Cc1nc(NCCNS(=O)(=O)c2ccc3c(c2)CCCC3)cc(N2CCCC2)n1. The second-order valence-electron chi connectivity index (χ2n) is 7.81. The summed E-state index contributed by atoms with van der Waals surface area (Å²) in [5.74, 6) is 2.38. The van der Waals surface area contributed by atoms with Crippen LogP contribution in [0.3, 0.4) is 0 Å². The van der Waals surface area contributed by atoms with Gasteiger partial charge in [-0.05, 0) is 68.7 Å². The van der Waals surface area contributed by atoms with Gasteiger partial charge in [0.05, 0.1) is 4.90 Å². The summed E-state index contributed by atoms with van der Waals surface area (Å²) < 4.78 is 28.0. The van der Waals surface area contributed by atoms with Crippen LogP contribution in [0.2, 0.25) is 0 Å². The zero-order chi connectivity index (χ0) is 20.3. The number of nitrogens with one attached hydrogen (secondary N) is 2. The molecule has 1 aromatic carbocycles. The van der Waals surface area contributed by atoms with Crippen molar-refractivity contribution in [1.82, 2.24) is 14.7 Å². The van der Waals surface area contributed by atoms with Crippen LogP contribution in [-0.4, -0.2) is 44.6 Å². The van der Waals surface area contributed by atoms with E-state index in [2.05, 4.69) is 24.9 Å². The van der Waals surface area contributed by atoms with E-state index in [4.69, 9.17) is 0 Å². The van der Waals surface area contributed by atoms with Crippen LogP contribution in [0.1, 0.15) is 42.6 Å². The van der Waals surface area contributed by atoms with Gasteiger partial charge in [0.15, 0.2) is 0 Å². The lowest BCUT2D eigenvalue weighted by molar-refractivity contribution is 0.582. The van der Waals surface area contributed by atoms with Crippen molar-refractivity contribution < 1.29 is 8.42 Å². The molecule has 2 aromatic rings. The number of fused-ring (bicyclic) bond motifs is 1. The van der Waals surface area contributed by atoms with Crippen molar-refractivity contribution in [1.29, 1.82) is 0 Å². The molecular formula is C21H29N5O2S. The number of anilines is 2. The van der Waals surface area contributed by atoms with Crippen molar-refractivity contribution in [2.75, 3.05) is 36.4 Å². The molecule has 0 saturated carbocycles. The Morgan fingerprint density at radius 3 is 2.52 bits per heavy atom. The summed E-state index contributed by atoms with van der Waals surface area (Å²) in [7, 11) is -3.51. The fourth-order valence-electron chi connectivity index (χ4n) is 4.09. The van der Waals surface area contributed by atoms with Gasteiger partial charge in [-0.15, -0.1) is 0 Å². The number of benzene rings is 1. The first-order valence-corrected chi connectivity index (χ1v) is 12.0. The fourth-order valence-corrected chi connectivity index (χ4v) is 5.17. The van der Waals surface area contributed by atoms with Crippen LogP contribution >= 0.6 is 0 Å². The maximum Gasteiger partial charge on any atom is 0.240 e. The first kappa shape index (κ1) is 20.1. The van der Waals surface area contributed by atoms with Gasteiger partial charge in [-0.3, -0.25) is 0 Å². The molecule has 7 nitrogen and oxygen atoms in total. The van der Waals surface area contributed by atoms with E-state index in [9.17, 15) is 8.42 Å². The highest BCUT2D eigenvalue weighted by molar-refractivity contribution is 7.89. The zero-order valence-electron chi connectivity index (χ0n) is 16.9. The minimum absolute atomic E-state index is 0.293. The Kier molecular flexibility index (Phi) is 6.01. The van der Waals surface area contributed by atoms with Crippen LogP contribution in [0.15, 0.2) is 29.2 Å². The summed E-state index contributed by atoms with van der Waals surface area (Å²) in [4.78, 5) is 11.6.